The number of rotatable bonds is 41. The van der Waals surface area contributed by atoms with E-state index in [-0.39, 0.29) is 32.0 Å². The van der Waals surface area contributed by atoms with Crippen molar-refractivity contribution in [3.63, 3.8) is 0 Å². The lowest BCUT2D eigenvalue weighted by molar-refractivity contribution is -0.870. The Balaban J connectivity index is 4.38. The molecule has 0 aromatic carbocycles. The molecule has 0 saturated heterocycles. The number of allylic oxidation sites excluding steroid dienone is 7. The SMILES string of the molecule is C=CCCCCCCCCCCCCCCCC(=O)O[C@H](COC(=O)CCCCCC/C=C/C/C=C/C/C=C/CCCCC)COP(=O)(O)OCC[N+](C)(C)C. The molecule has 0 fully saturated rings. The van der Waals surface area contributed by atoms with E-state index in [2.05, 4.69) is 50.0 Å². The van der Waals surface area contributed by atoms with Crippen LogP contribution in [0.2, 0.25) is 0 Å². The Hall–Kier alpha value is -2.03. The molecule has 1 N–H and O–H groups in total. The molecule has 0 aliphatic carbocycles. The Morgan fingerprint density at radius 3 is 1.55 bits per heavy atom. The third kappa shape index (κ3) is 41.6. The van der Waals surface area contributed by atoms with Gasteiger partial charge in [0.1, 0.15) is 19.8 Å². The highest BCUT2D eigenvalue weighted by Crippen LogP contribution is 2.43. The van der Waals surface area contributed by atoms with E-state index >= 15 is 0 Å². The minimum atomic E-state index is -4.38. The van der Waals surface area contributed by atoms with Crippen LogP contribution in [-0.4, -0.2) is 74.9 Å². The van der Waals surface area contributed by atoms with Crippen molar-refractivity contribution in [3.05, 3.63) is 49.1 Å². The van der Waals surface area contributed by atoms with Gasteiger partial charge in [0.25, 0.3) is 0 Å². The number of ether oxygens (including phenoxy) is 2. The van der Waals surface area contributed by atoms with Gasteiger partial charge in [-0.25, -0.2) is 4.57 Å². The van der Waals surface area contributed by atoms with Crippen LogP contribution in [0.5, 0.6) is 0 Å². The lowest BCUT2D eigenvalue weighted by Crippen LogP contribution is -2.37. The van der Waals surface area contributed by atoms with Crippen LogP contribution in [0.4, 0.5) is 0 Å². The van der Waals surface area contributed by atoms with Gasteiger partial charge >= 0.3 is 19.8 Å². The smallest absolute Gasteiger partial charge is 0.462 e. The number of unbranched alkanes of at least 4 members (excludes halogenated alkanes) is 20. The molecule has 0 bridgehead atoms. The molecular weight excluding hydrogens is 725 g/mol. The van der Waals surface area contributed by atoms with E-state index in [1.54, 1.807) is 0 Å². The molecule has 1 unspecified atom stereocenters. The highest BCUT2D eigenvalue weighted by atomic mass is 31.2. The maximum Gasteiger partial charge on any atom is 0.472 e. The second-order valence-corrected chi connectivity index (χ2v) is 17.6. The number of hydrogen-bond donors (Lipinski definition) is 1. The van der Waals surface area contributed by atoms with Gasteiger partial charge in [-0.1, -0.05) is 146 Å². The fraction of sp³-hybridized carbons (Fsp3) is 0.783. The summed E-state index contributed by atoms with van der Waals surface area (Å²) in [5, 5.41) is 0. The molecule has 0 aliphatic heterocycles. The monoisotopic (exact) mass is 811 g/mol. The molecule has 0 aromatic heterocycles. The molecular formula is C46H85NO8P+. The number of nitrogens with zero attached hydrogens (tertiary/aromatic N) is 1. The molecule has 10 heteroatoms. The van der Waals surface area contributed by atoms with Gasteiger partial charge in [0.05, 0.1) is 27.7 Å². The van der Waals surface area contributed by atoms with Crippen molar-refractivity contribution in [1.82, 2.24) is 0 Å². The zero-order valence-electron chi connectivity index (χ0n) is 36.4. The first kappa shape index (κ1) is 54.0. The summed E-state index contributed by atoms with van der Waals surface area (Å²) in [4.78, 5) is 35.4. The Bertz CT molecular complexity index is 1080. The van der Waals surface area contributed by atoms with Gasteiger partial charge in [-0.3, -0.25) is 18.6 Å². The molecule has 0 spiro atoms. The maximum absolute atomic E-state index is 12.7. The highest BCUT2D eigenvalue weighted by Gasteiger charge is 2.27. The molecule has 0 saturated carbocycles. The van der Waals surface area contributed by atoms with Crippen molar-refractivity contribution in [2.45, 2.75) is 186 Å². The number of esters is 2. The van der Waals surface area contributed by atoms with Gasteiger partial charge < -0.3 is 18.9 Å². The molecule has 0 heterocycles. The second-order valence-electron chi connectivity index (χ2n) is 16.2. The number of hydrogen-bond acceptors (Lipinski definition) is 7. The van der Waals surface area contributed by atoms with Crippen LogP contribution in [0.25, 0.3) is 0 Å². The van der Waals surface area contributed by atoms with Crippen LogP contribution in [0.15, 0.2) is 49.1 Å². The zero-order valence-corrected chi connectivity index (χ0v) is 37.3. The van der Waals surface area contributed by atoms with E-state index < -0.39 is 26.5 Å². The fourth-order valence-corrected chi connectivity index (χ4v) is 6.68. The van der Waals surface area contributed by atoms with Gasteiger partial charge in [-0.2, -0.15) is 0 Å². The second kappa shape index (κ2) is 38.5. The first-order chi connectivity index (χ1) is 27.0. The molecule has 0 aliphatic rings. The molecule has 2 atom stereocenters. The summed E-state index contributed by atoms with van der Waals surface area (Å²) in [5.74, 6) is -0.826. The summed E-state index contributed by atoms with van der Waals surface area (Å²) in [7, 11) is 1.46. The summed E-state index contributed by atoms with van der Waals surface area (Å²) in [6, 6.07) is 0. The Labute approximate surface area is 343 Å². The molecule has 326 valence electrons. The van der Waals surface area contributed by atoms with Crippen LogP contribution in [0.1, 0.15) is 180 Å². The Morgan fingerprint density at radius 2 is 1.05 bits per heavy atom. The largest absolute Gasteiger partial charge is 0.472 e. The third-order valence-corrected chi connectivity index (χ3v) is 10.5. The Morgan fingerprint density at radius 1 is 0.607 bits per heavy atom. The Kier molecular flexibility index (Phi) is 37.1. The van der Waals surface area contributed by atoms with Crippen molar-refractivity contribution < 1.29 is 42.1 Å². The van der Waals surface area contributed by atoms with Gasteiger partial charge in [0, 0.05) is 12.8 Å². The normalized spacial score (nSPS) is 13.8. The van der Waals surface area contributed by atoms with E-state index in [1.165, 1.54) is 83.5 Å². The molecule has 0 aromatic rings. The van der Waals surface area contributed by atoms with E-state index in [1.807, 2.05) is 27.2 Å². The standard InChI is InChI=1S/C46H84NO8P/c1-6-8-10-12-14-16-18-20-22-23-25-26-28-30-32-34-36-38-45(48)52-42-44(43-54-56(50,51)53-41-40-47(3,4)5)55-46(49)39-37-35-33-31-29-27-24-21-19-17-15-13-11-9-7-2/h7,14,16,20,22,25-26,44H,2,6,8-13,15,17-19,21,23-24,27-43H2,1,3-5H3/p+1/b16-14+,22-20+,26-25+/t44-/m1/s1. The van der Waals surface area contributed by atoms with Crippen LogP contribution in [0, 0.1) is 0 Å². The van der Waals surface area contributed by atoms with Crippen molar-refractivity contribution in [1.29, 1.82) is 0 Å². The van der Waals surface area contributed by atoms with Crippen LogP contribution in [-0.2, 0) is 32.7 Å². The summed E-state index contributed by atoms with van der Waals surface area (Å²) in [6.45, 7) is 5.89. The number of likely N-dealkylation sites (N-methyl/N-ethyl adjacent to an activating group) is 1. The van der Waals surface area contributed by atoms with E-state index in [0.29, 0.717) is 23.9 Å². The predicted octanol–water partition coefficient (Wildman–Crippen LogP) is 12.7. The molecule has 9 nitrogen and oxygen atoms in total. The summed E-state index contributed by atoms with van der Waals surface area (Å²) in [6.07, 6.45) is 43.3. The lowest BCUT2D eigenvalue weighted by Gasteiger charge is -2.24. The van der Waals surface area contributed by atoms with Gasteiger partial charge in [-0.15, -0.1) is 6.58 Å². The number of quaternary nitrogens is 1. The highest BCUT2D eigenvalue weighted by molar-refractivity contribution is 7.47. The minimum Gasteiger partial charge on any atom is -0.462 e. The topological polar surface area (TPSA) is 108 Å². The fourth-order valence-electron chi connectivity index (χ4n) is 5.94. The third-order valence-electron chi connectivity index (χ3n) is 9.48. The first-order valence-corrected chi connectivity index (χ1v) is 23.8. The number of carbonyl (C=O) groups excluding carboxylic acids is 2. The summed E-state index contributed by atoms with van der Waals surface area (Å²) < 4.78 is 34.3. The number of phosphoric acid groups is 1. The van der Waals surface area contributed by atoms with Crippen LogP contribution in [0.3, 0.4) is 0 Å². The average molecular weight is 811 g/mol. The molecule has 0 radical (unpaired) electrons. The van der Waals surface area contributed by atoms with Crippen molar-refractivity contribution >= 4 is 19.8 Å². The van der Waals surface area contributed by atoms with E-state index in [4.69, 9.17) is 18.5 Å². The lowest BCUT2D eigenvalue weighted by atomic mass is 10.0. The van der Waals surface area contributed by atoms with Crippen molar-refractivity contribution in [3.8, 4) is 0 Å². The van der Waals surface area contributed by atoms with Crippen molar-refractivity contribution in [2.24, 2.45) is 0 Å². The van der Waals surface area contributed by atoms with Crippen LogP contribution < -0.4 is 0 Å². The van der Waals surface area contributed by atoms with Gasteiger partial charge in [0.2, 0.25) is 0 Å². The molecule has 0 rings (SSSR count). The zero-order chi connectivity index (χ0) is 41.4. The van der Waals surface area contributed by atoms with Gasteiger partial charge in [0.15, 0.2) is 6.10 Å². The average Bonchev–Trinajstić information content (AvgIpc) is 3.15. The van der Waals surface area contributed by atoms with E-state index in [9.17, 15) is 19.0 Å². The number of carbonyl (C=O) groups is 2. The molecule has 56 heavy (non-hydrogen) atoms. The predicted molar refractivity (Wildman–Crippen MR) is 233 cm³/mol. The van der Waals surface area contributed by atoms with Crippen LogP contribution >= 0.6 is 7.82 Å². The quantitative estimate of drug-likeness (QED) is 0.0214. The minimum absolute atomic E-state index is 0.0262. The van der Waals surface area contributed by atoms with Gasteiger partial charge in [-0.05, 0) is 64.2 Å². The van der Waals surface area contributed by atoms with E-state index in [0.717, 1.165) is 64.2 Å². The molecule has 0 amide bonds. The number of phosphoric ester groups is 1. The summed E-state index contributed by atoms with van der Waals surface area (Å²) in [5.41, 5.74) is 0. The first-order valence-electron chi connectivity index (χ1n) is 22.3. The summed E-state index contributed by atoms with van der Waals surface area (Å²) >= 11 is 0. The van der Waals surface area contributed by atoms with Crippen molar-refractivity contribution in [2.75, 3.05) is 47.5 Å². The maximum atomic E-state index is 12.7.